The van der Waals surface area contributed by atoms with E-state index in [1.807, 2.05) is 0 Å². The predicted octanol–water partition coefficient (Wildman–Crippen LogP) is -1.14. The van der Waals surface area contributed by atoms with Crippen molar-refractivity contribution in [3.8, 4) is 0 Å². The van der Waals surface area contributed by atoms with Crippen molar-refractivity contribution in [3.05, 3.63) is 0 Å². The van der Waals surface area contributed by atoms with Crippen molar-refractivity contribution in [2.45, 2.75) is 13.0 Å². The van der Waals surface area contributed by atoms with Crippen molar-refractivity contribution in [1.82, 2.24) is 5.32 Å². The highest BCUT2D eigenvalue weighted by atomic mass is 16.2. The molecule has 1 amide bonds. The molecule has 0 radical (unpaired) electrons. The van der Waals surface area contributed by atoms with Crippen molar-refractivity contribution in [1.29, 1.82) is 0 Å². The van der Waals surface area contributed by atoms with Crippen molar-refractivity contribution in [2.24, 2.45) is 10.7 Å². The monoisotopic (exact) mass is 127 g/mol. The topological polar surface area (TPSA) is 67.5 Å². The van der Waals surface area contributed by atoms with Crippen LogP contribution in [0.25, 0.3) is 0 Å². The number of amidine groups is 1. The summed E-state index contributed by atoms with van der Waals surface area (Å²) in [4.78, 5) is 14.6. The van der Waals surface area contributed by atoms with Gasteiger partial charge in [-0.25, -0.2) is 0 Å². The molecule has 0 aromatic carbocycles. The molecular weight excluding hydrogens is 118 g/mol. The minimum absolute atomic E-state index is 0.137. The van der Waals surface area contributed by atoms with Gasteiger partial charge in [0.05, 0.1) is 12.4 Å². The van der Waals surface area contributed by atoms with Crippen LogP contribution in [0.5, 0.6) is 0 Å². The molecule has 50 valence electrons. The smallest absolute Gasteiger partial charge is 0.244 e. The number of hydrogen-bond acceptors (Lipinski definition) is 3. The van der Waals surface area contributed by atoms with Gasteiger partial charge in [-0.1, -0.05) is 0 Å². The summed E-state index contributed by atoms with van der Waals surface area (Å²) in [6, 6.07) is -0.450. The van der Waals surface area contributed by atoms with Crippen molar-refractivity contribution < 1.29 is 4.79 Å². The highest BCUT2D eigenvalue weighted by Crippen LogP contribution is 1.88. The first kappa shape index (κ1) is 6.22. The van der Waals surface area contributed by atoms with Gasteiger partial charge in [-0.05, 0) is 6.92 Å². The predicted molar refractivity (Wildman–Crippen MR) is 34.1 cm³/mol. The molecule has 0 saturated heterocycles. The molecule has 1 heterocycles. The normalized spacial score (nSPS) is 27.1. The van der Waals surface area contributed by atoms with E-state index >= 15 is 0 Å². The average molecular weight is 127 g/mol. The van der Waals surface area contributed by atoms with Gasteiger partial charge in [-0.2, -0.15) is 0 Å². The number of nitrogens with zero attached hydrogens (tertiary/aromatic N) is 1. The third kappa shape index (κ3) is 1.26. The van der Waals surface area contributed by atoms with E-state index in [2.05, 4.69) is 10.3 Å². The number of nitrogens with one attached hydrogen (secondary N) is 1. The van der Waals surface area contributed by atoms with E-state index < -0.39 is 6.04 Å². The molecular formula is C5H9N3O. The van der Waals surface area contributed by atoms with Gasteiger partial charge in [0.25, 0.3) is 0 Å². The fraction of sp³-hybridized carbons (Fsp3) is 0.600. The molecule has 0 spiro atoms. The van der Waals surface area contributed by atoms with Gasteiger partial charge in [-0.15, -0.1) is 0 Å². The number of amides is 1. The Morgan fingerprint density at radius 3 is 3.00 bits per heavy atom. The van der Waals surface area contributed by atoms with E-state index in [1.165, 1.54) is 0 Å². The van der Waals surface area contributed by atoms with Crippen LogP contribution in [0.4, 0.5) is 0 Å². The molecule has 0 bridgehead atoms. The Hall–Kier alpha value is -0.900. The lowest BCUT2D eigenvalue weighted by Crippen LogP contribution is -2.48. The van der Waals surface area contributed by atoms with Crippen LogP contribution in [-0.4, -0.2) is 24.3 Å². The van der Waals surface area contributed by atoms with Crippen molar-refractivity contribution >= 4 is 11.7 Å². The molecule has 1 rings (SSSR count). The fourth-order valence-corrected chi connectivity index (χ4v) is 0.629. The lowest BCUT2D eigenvalue weighted by molar-refractivity contribution is -0.121. The van der Waals surface area contributed by atoms with E-state index in [9.17, 15) is 4.79 Å². The molecule has 1 aliphatic heterocycles. The van der Waals surface area contributed by atoms with Gasteiger partial charge in [0.15, 0.2) is 0 Å². The van der Waals surface area contributed by atoms with Crippen molar-refractivity contribution in [3.63, 3.8) is 0 Å². The summed E-state index contributed by atoms with van der Waals surface area (Å²) in [6.07, 6.45) is 0. The molecule has 0 aliphatic carbocycles. The van der Waals surface area contributed by atoms with Crippen LogP contribution in [-0.2, 0) is 4.79 Å². The minimum atomic E-state index is -0.450. The van der Waals surface area contributed by atoms with E-state index in [4.69, 9.17) is 5.73 Å². The number of rotatable bonds is 0. The van der Waals surface area contributed by atoms with Crippen LogP contribution in [0.15, 0.2) is 4.99 Å². The van der Waals surface area contributed by atoms with E-state index in [0.717, 1.165) is 0 Å². The molecule has 4 nitrogen and oxygen atoms in total. The number of aliphatic imine (C=N–C) groups is 1. The van der Waals surface area contributed by atoms with Crippen LogP contribution in [0.1, 0.15) is 6.92 Å². The first-order valence-electron chi connectivity index (χ1n) is 2.77. The summed E-state index contributed by atoms with van der Waals surface area (Å²) >= 11 is 0. The van der Waals surface area contributed by atoms with Crippen LogP contribution in [0.2, 0.25) is 0 Å². The number of nitrogens with two attached hydrogens (primary N) is 1. The second-order valence-corrected chi connectivity index (χ2v) is 2.02. The van der Waals surface area contributed by atoms with Gasteiger partial charge in [-0.3, -0.25) is 9.79 Å². The molecule has 9 heavy (non-hydrogen) atoms. The van der Waals surface area contributed by atoms with Crippen LogP contribution in [0.3, 0.4) is 0 Å². The molecule has 1 atom stereocenters. The summed E-state index contributed by atoms with van der Waals surface area (Å²) in [5.41, 5.74) is 5.32. The zero-order valence-corrected chi connectivity index (χ0v) is 5.22. The minimum Gasteiger partial charge on any atom is -0.318 e. The van der Waals surface area contributed by atoms with Crippen LogP contribution in [0, 0.1) is 0 Å². The van der Waals surface area contributed by atoms with Gasteiger partial charge in [0, 0.05) is 0 Å². The fourth-order valence-electron chi connectivity index (χ4n) is 0.629. The van der Waals surface area contributed by atoms with E-state index in [-0.39, 0.29) is 5.91 Å². The Morgan fingerprint density at radius 2 is 2.56 bits per heavy atom. The lowest BCUT2D eigenvalue weighted by atomic mass is 10.2. The maximum atomic E-state index is 10.7. The molecule has 0 saturated carbocycles. The Labute approximate surface area is 53.1 Å². The maximum Gasteiger partial charge on any atom is 0.244 e. The van der Waals surface area contributed by atoms with Crippen LogP contribution >= 0.6 is 0 Å². The second kappa shape index (κ2) is 2.14. The molecule has 1 aliphatic rings. The molecule has 0 aromatic heterocycles. The highest BCUT2D eigenvalue weighted by molar-refractivity contribution is 6.01. The molecule has 0 fully saturated rings. The zero-order chi connectivity index (χ0) is 6.85. The van der Waals surface area contributed by atoms with Crippen LogP contribution < -0.4 is 11.1 Å². The molecule has 0 aromatic rings. The van der Waals surface area contributed by atoms with Crippen molar-refractivity contribution in [2.75, 3.05) is 6.54 Å². The Morgan fingerprint density at radius 1 is 1.89 bits per heavy atom. The van der Waals surface area contributed by atoms with Gasteiger partial charge in [0.1, 0.15) is 6.04 Å². The zero-order valence-electron chi connectivity index (χ0n) is 5.22. The summed E-state index contributed by atoms with van der Waals surface area (Å²) in [6.45, 7) is 2.15. The molecule has 4 heteroatoms. The average Bonchev–Trinajstić information content (AvgIpc) is 1.80. The SMILES string of the molecule is CC1=NCC(N)C(=O)N1. The molecule has 1 unspecified atom stereocenters. The number of carbonyl (C=O) groups excluding carboxylic acids is 1. The van der Waals surface area contributed by atoms with E-state index in [0.29, 0.717) is 12.4 Å². The van der Waals surface area contributed by atoms with Gasteiger partial charge >= 0.3 is 0 Å². The quantitative estimate of drug-likeness (QED) is 0.432. The Balaban J connectivity index is 2.65. The summed E-state index contributed by atoms with van der Waals surface area (Å²) in [5, 5.41) is 2.52. The summed E-state index contributed by atoms with van der Waals surface area (Å²) in [7, 11) is 0. The highest BCUT2D eigenvalue weighted by Gasteiger charge is 2.16. The maximum absolute atomic E-state index is 10.7. The standard InChI is InChI=1S/C5H9N3O/c1-3-7-2-4(6)5(9)8-3/h4H,2,6H2,1H3,(H,7,8,9). The molecule has 3 N–H and O–H groups in total. The lowest BCUT2D eigenvalue weighted by Gasteiger charge is -2.14. The summed E-state index contributed by atoms with van der Waals surface area (Å²) in [5.74, 6) is 0.518. The number of hydrogen-bond donors (Lipinski definition) is 2. The summed E-state index contributed by atoms with van der Waals surface area (Å²) < 4.78 is 0. The van der Waals surface area contributed by atoms with E-state index in [1.54, 1.807) is 6.92 Å². The third-order valence-corrected chi connectivity index (χ3v) is 1.17. The first-order chi connectivity index (χ1) is 4.20. The van der Waals surface area contributed by atoms with Gasteiger partial charge < -0.3 is 11.1 Å². The Bertz CT molecular complexity index is 164. The van der Waals surface area contributed by atoms with Gasteiger partial charge in [0.2, 0.25) is 5.91 Å². The first-order valence-corrected chi connectivity index (χ1v) is 2.77. The largest absolute Gasteiger partial charge is 0.318 e. The second-order valence-electron chi connectivity index (χ2n) is 2.02. The third-order valence-electron chi connectivity index (χ3n) is 1.17. The Kier molecular flexibility index (Phi) is 1.48. The number of carbonyl (C=O) groups is 1.